The standard InChI is InChI=1S/C15H18N6O/c1-11(2)13(14-18-20-21(19-14)10-6-9-16)17-15(22)12-7-4-3-5-8-12/h3-5,7-8,11,13H,6,10H2,1-2H3,(H,17,22). The summed E-state index contributed by atoms with van der Waals surface area (Å²) in [5.74, 6) is 0.395. The maximum absolute atomic E-state index is 12.3. The average Bonchev–Trinajstić information content (AvgIpc) is 2.99. The van der Waals surface area contributed by atoms with Gasteiger partial charge in [-0.25, -0.2) is 0 Å². The van der Waals surface area contributed by atoms with Gasteiger partial charge in [0.05, 0.1) is 25.1 Å². The first kappa shape index (κ1) is 15.6. The number of carbonyl (C=O) groups is 1. The van der Waals surface area contributed by atoms with Gasteiger partial charge in [-0.3, -0.25) is 4.79 Å². The quantitative estimate of drug-likeness (QED) is 0.875. The maximum atomic E-state index is 12.3. The van der Waals surface area contributed by atoms with Gasteiger partial charge in [-0.1, -0.05) is 32.0 Å². The molecular weight excluding hydrogens is 280 g/mol. The molecule has 0 spiro atoms. The Hall–Kier alpha value is -2.75. The highest BCUT2D eigenvalue weighted by Crippen LogP contribution is 2.18. The highest BCUT2D eigenvalue weighted by Gasteiger charge is 2.23. The van der Waals surface area contributed by atoms with Gasteiger partial charge in [-0.05, 0) is 23.3 Å². The monoisotopic (exact) mass is 298 g/mol. The van der Waals surface area contributed by atoms with Crippen molar-refractivity contribution in [3.05, 3.63) is 41.7 Å². The van der Waals surface area contributed by atoms with Crippen LogP contribution in [0.1, 0.15) is 42.5 Å². The highest BCUT2D eigenvalue weighted by molar-refractivity contribution is 5.94. The van der Waals surface area contributed by atoms with Crippen LogP contribution < -0.4 is 5.32 Å². The van der Waals surface area contributed by atoms with Crippen LogP contribution in [0.2, 0.25) is 0 Å². The Morgan fingerprint density at radius 3 is 2.73 bits per heavy atom. The summed E-state index contributed by atoms with van der Waals surface area (Å²) in [4.78, 5) is 13.7. The summed E-state index contributed by atoms with van der Waals surface area (Å²) in [5, 5.41) is 23.7. The molecular formula is C15H18N6O. The minimum absolute atomic E-state index is 0.112. The fraction of sp³-hybridized carbons (Fsp3) is 0.400. The molecule has 22 heavy (non-hydrogen) atoms. The van der Waals surface area contributed by atoms with Gasteiger partial charge in [0.15, 0.2) is 5.82 Å². The lowest BCUT2D eigenvalue weighted by molar-refractivity contribution is 0.0923. The van der Waals surface area contributed by atoms with Gasteiger partial charge in [-0.15, -0.1) is 10.2 Å². The molecule has 0 aliphatic carbocycles. The van der Waals surface area contributed by atoms with Gasteiger partial charge in [0, 0.05) is 5.56 Å². The number of rotatable bonds is 6. The number of aromatic nitrogens is 4. The van der Waals surface area contributed by atoms with E-state index in [1.54, 1.807) is 12.1 Å². The zero-order chi connectivity index (χ0) is 15.9. The van der Waals surface area contributed by atoms with E-state index in [9.17, 15) is 4.79 Å². The lowest BCUT2D eigenvalue weighted by Gasteiger charge is -2.19. The van der Waals surface area contributed by atoms with Crippen molar-refractivity contribution in [1.82, 2.24) is 25.5 Å². The van der Waals surface area contributed by atoms with Crippen molar-refractivity contribution in [2.24, 2.45) is 5.92 Å². The Bertz CT molecular complexity index is 658. The fourth-order valence-electron chi connectivity index (χ4n) is 1.97. The van der Waals surface area contributed by atoms with E-state index in [0.29, 0.717) is 24.4 Å². The number of aryl methyl sites for hydroxylation is 1. The van der Waals surface area contributed by atoms with E-state index >= 15 is 0 Å². The molecule has 0 radical (unpaired) electrons. The number of nitrogens with zero attached hydrogens (tertiary/aromatic N) is 5. The van der Waals surface area contributed by atoms with Crippen LogP contribution in [0.15, 0.2) is 30.3 Å². The third-order valence-corrected chi connectivity index (χ3v) is 3.16. The average molecular weight is 298 g/mol. The molecule has 1 heterocycles. The van der Waals surface area contributed by atoms with Crippen LogP contribution >= 0.6 is 0 Å². The molecule has 0 fully saturated rings. The Morgan fingerprint density at radius 2 is 2.09 bits per heavy atom. The Balaban J connectivity index is 2.12. The summed E-state index contributed by atoms with van der Waals surface area (Å²) in [6.07, 6.45) is 0.318. The third kappa shape index (κ3) is 3.88. The van der Waals surface area contributed by atoms with Gasteiger partial charge < -0.3 is 5.32 Å². The zero-order valence-electron chi connectivity index (χ0n) is 12.6. The van der Waals surface area contributed by atoms with Gasteiger partial charge in [0.25, 0.3) is 5.91 Å². The van der Waals surface area contributed by atoms with Crippen LogP contribution in [0.4, 0.5) is 0 Å². The second-order valence-corrected chi connectivity index (χ2v) is 5.21. The summed E-state index contributed by atoms with van der Waals surface area (Å²) in [7, 11) is 0. The molecule has 1 aromatic heterocycles. The maximum Gasteiger partial charge on any atom is 0.251 e. The van der Waals surface area contributed by atoms with Gasteiger partial charge in [0.2, 0.25) is 0 Å². The summed E-state index contributed by atoms with van der Waals surface area (Å²) in [6, 6.07) is 10.7. The SMILES string of the molecule is CC(C)C(NC(=O)c1ccccc1)c1nnn(CCC#N)n1. The van der Waals surface area contributed by atoms with Crippen LogP contribution in [-0.2, 0) is 6.54 Å². The topological polar surface area (TPSA) is 96.5 Å². The smallest absolute Gasteiger partial charge is 0.251 e. The van der Waals surface area contributed by atoms with Crippen LogP contribution in [0.25, 0.3) is 0 Å². The van der Waals surface area contributed by atoms with Crippen LogP contribution in [0.5, 0.6) is 0 Å². The van der Waals surface area contributed by atoms with Gasteiger partial charge in [-0.2, -0.15) is 10.1 Å². The van der Waals surface area contributed by atoms with E-state index in [-0.39, 0.29) is 17.9 Å². The van der Waals surface area contributed by atoms with Crippen molar-refractivity contribution in [3.63, 3.8) is 0 Å². The second-order valence-electron chi connectivity index (χ2n) is 5.21. The first-order valence-corrected chi connectivity index (χ1v) is 7.12. The van der Waals surface area contributed by atoms with Crippen molar-refractivity contribution >= 4 is 5.91 Å². The first-order valence-electron chi connectivity index (χ1n) is 7.12. The van der Waals surface area contributed by atoms with Crippen LogP contribution in [0, 0.1) is 17.2 Å². The number of tetrazole rings is 1. The van der Waals surface area contributed by atoms with Crippen molar-refractivity contribution in [3.8, 4) is 6.07 Å². The number of hydrogen-bond donors (Lipinski definition) is 1. The van der Waals surface area contributed by atoms with Gasteiger partial charge in [0.1, 0.15) is 0 Å². The Labute approximate surface area is 128 Å². The molecule has 0 aliphatic heterocycles. The van der Waals surface area contributed by atoms with Crippen LogP contribution in [-0.4, -0.2) is 26.1 Å². The molecule has 1 unspecified atom stereocenters. The van der Waals surface area contributed by atoms with Gasteiger partial charge >= 0.3 is 0 Å². The predicted octanol–water partition coefficient (Wildman–Crippen LogP) is 1.71. The fourth-order valence-corrected chi connectivity index (χ4v) is 1.97. The summed E-state index contributed by atoms with van der Waals surface area (Å²) in [5.41, 5.74) is 0.588. The van der Waals surface area contributed by atoms with E-state index in [2.05, 4.69) is 20.7 Å². The lowest BCUT2D eigenvalue weighted by Crippen LogP contribution is -2.32. The molecule has 114 valence electrons. The van der Waals surface area contributed by atoms with E-state index in [1.807, 2.05) is 38.1 Å². The molecule has 0 aliphatic rings. The number of nitrogens with one attached hydrogen (secondary N) is 1. The molecule has 0 saturated heterocycles. The van der Waals surface area contributed by atoms with Crippen molar-refractivity contribution in [1.29, 1.82) is 5.26 Å². The number of nitriles is 1. The van der Waals surface area contributed by atoms with E-state index in [0.717, 1.165) is 0 Å². The predicted molar refractivity (Wildman–Crippen MR) is 79.5 cm³/mol. The Morgan fingerprint density at radius 1 is 1.36 bits per heavy atom. The van der Waals surface area contributed by atoms with Crippen molar-refractivity contribution in [2.75, 3.05) is 0 Å². The number of carbonyl (C=O) groups excluding carboxylic acids is 1. The molecule has 1 atom stereocenters. The number of hydrogen-bond acceptors (Lipinski definition) is 5. The molecule has 1 amide bonds. The molecule has 0 saturated carbocycles. The van der Waals surface area contributed by atoms with Crippen LogP contribution in [0.3, 0.4) is 0 Å². The second kappa shape index (κ2) is 7.31. The summed E-state index contributed by atoms with van der Waals surface area (Å²) in [6.45, 7) is 4.35. The third-order valence-electron chi connectivity index (χ3n) is 3.16. The first-order chi connectivity index (χ1) is 10.6. The normalized spacial score (nSPS) is 11.9. The number of amides is 1. The van der Waals surface area contributed by atoms with E-state index < -0.39 is 0 Å². The van der Waals surface area contributed by atoms with Crippen molar-refractivity contribution in [2.45, 2.75) is 32.9 Å². The largest absolute Gasteiger partial charge is 0.342 e. The molecule has 7 heteroatoms. The molecule has 7 nitrogen and oxygen atoms in total. The summed E-state index contributed by atoms with van der Waals surface area (Å²) >= 11 is 0. The molecule has 1 aromatic carbocycles. The molecule has 0 bridgehead atoms. The Kier molecular flexibility index (Phi) is 5.20. The minimum Gasteiger partial charge on any atom is -0.342 e. The molecule has 2 rings (SSSR count). The minimum atomic E-state index is -0.330. The summed E-state index contributed by atoms with van der Waals surface area (Å²) < 4.78 is 0. The molecule has 1 N–H and O–H groups in total. The molecule has 2 aromatic rings. The van der Waals surface area contributed by atoms with E-state index in [4.69, 9.17) is 5.26 Å². The number of benzene rings is 1. The van der Waals surface area contributed by atoms with E-state index in [1.165, 1.54) is 4.80 Å². The highest BCUT2D eigenvalue weighted by atomic mass is 16.1. The lowest BCUT2D eigenvalue weighted by atomic mass is 10.0. The zero-order valence-corrected chi connectivity index (χ0v) is 12.6. The van der Waals surface area contributed by atoms with Crippen molar-refractivity contribution < 1.29 is 4.79 Å².